The number of rotatable bonds is 1. The highest BCUT2D eigenvalue weighted by atomic mass is 32.1. The van der Waals surface area contributed by atoms with Crippen LogP contribution in [0.3, 0.4) is 0 Å². The van der Waals surface area contributed by atoms with Gasteiger partial charge in [0.15, 0.2) is 0 Å². The standard InChI is InChI=1S/C14H10FNS/c1-9-2-4-10(5-3-9)14-16-12-8-11(15)6-7-13(12)17-14/h2-8H,1H3. The largest absolute Gasteiger partial charge is 0.236 e. The van der Waals surface area contributed by atoms with Crippen LogP contribution in [-0.4, -0.2) is 4.98 Å². The van der Waals surface area contributed by atoms with E-state index >= 15 is 0 Å². The van der Waals surface area contributed by atoms with E-state index in [-0.39, 0.29) is 5.82 Å². The number of hydrogen-bond donors (Lipinski definition) is 0. The highest BCUT2D eigenvalue weighted by molar-refractivity contribution is 7.21. The highest BCUT2D eigenvalue weighted by Crippen LogP contribution is 2.30. The van der Waals surface area contributed by atoms with Gasteiger partial charge in [-0.05, 0) is 19.1 Å². The van der Waals surface area contributed by atoms with Gasteiger partial charge in [0.25, 0.3) is 0 Å². The zero-order valence-corrected chi connectivity index (χ0v) is 10.1. The van der Waals surface area contributed by atoms with E-state index in [4.69, 9.17) is 0 Å². The molecule has 0 saturated carbocycles. The third kappa shape index (κ3) is 1.94. The van der Waals surface area contributed by atoms with Gasteiger partial charge in [0, 0.05) is 11.6 Å². The van der Waals surface area contributed by atoms with Crippen molar-refractivity contribution in [2.24, 2.45) is 0 Å². The summed E-state index contributed by atoms with van der Waals surface area (Å²) >= 11 is 1.59. The molecule has 1 nitrogen and oxygen atoms in total. The molecule has 17 heavy (non-hydrogen) atoms. The summed E-state index contributed by atoms with van der Waals surface area (Å²) in [6.45, 7) is 2.05. The summed E-state index contributed by atoms with van der Waals surface area (Å²) in [7, 11) is 0. The lowest BCUT2D eigenvalue weighted by Gasteiger charge is -1.95. The second kappa shape index (κ2) is 3.93. The van der Waals surface area contributed by atoms with Crippen LogP contribution in [0.15, 0.2) is 42.5 Å². The minimum atomic E-state index is -0.238. The molecular formula is C14H10FNS. The summed E-state index contributed by atoms with van der Waals surface area (Å²) in [6.07, 6.45) is 0. The Balaban J connectivity index is 2.14. The van der Waals surface area contributed by atoms with Crippen molar-refractivity contribution in [1.29, 1.82) is 0 Å². The van der Waals surface area contributed by atoms with Gasteiger partial charge in [0.2, 0.25) is 0 Å². The van der Waals surface area contributed by atoms with Gasteiger partial charge in [0.1, 0.15) is 10.8 Å². The van der Waals surface area contributed by atoms with Crippen molar-refractivity contribution >= 4 is 21.6 Å². The Morgan fingerprint density at radius 3 is 2.59 bits per heavy atom. The second-order valence-corrected chi connectivity index (χ2v) is 5.03. The molecule has 2 aromatic carbocycles. The Morgan fingerprint density at radius 1 is 1.06 bits per heavy atom. The molecule has 0 aliphatic rings. The Bertz CT molecular complexity index is 670. The predicted molar refractivity (Wildman–Crippen MR) is 69.8 cm³/mol. The van der Waals surface area contributed by atoms with Gasteiger partial charge in [-0.15, -0.1) is 11.3 Å². The lowest BCUT2D eigenvalue weighted by atomic mass is 10.2. The highest BCUT2D eigenvalue weighted by Gasteiger charge is 2.06. The molecule has 0 bridgehead atoms. The number of benzene rings is 2. The quantitative estimate of drug-likeness (QED) is 0.617. The van der Waals surface area contributed by atoms with Crippen LogP contribution < -0.4 is 0 Å². The van der Waals surface area contributed by atoms with Crippen LogP contribution in [0, 0.1) is 12.7 Å². The van der Waals surface area contributed by atoms with Crippen molar-refractivity contribution in [1.82, 2.24) is 4.98 Å². The molecule has 0 aliphatic heterocycles. The lowest BCUT2D eigenvalue weighted by molar-refractivity contribution is 0.629. The molecule has 0 amide bonds. The van der Waals surface area contributed by atoms with Crippen LogP contribution in [-0.2, 0) is 0 Å². The first-order valence-corrected chi connectivity index (χ1v) is 6.17. The summed E-state index contributed by atoms with van der Waals surface area (Å²) in [5.74, 6) is -0.238. The van der Waals surface area contributed by atoms with Crippen LogP contribution in [0.25, 0.3) is 20.8 Å². The van der Waals surface area contributed by atoms with E-state index in [9.17, 15) is 4.39 Å². The van der Waals surface area contributed by atoms with Gasteiger partial charge >= 0.3 is 0 Å². The average Bonchev–Trinajstić information content (AvgIpc) is 2.72. The SMILES string of the molecule is Cc1ccc(-c2nc3cc(F)ccc3s2)cc1. The maximum atomic E-state index is 13.1. The molecule has 0 N–H and O–H groups in total. The van der Waals surface area contributed by atoms with Crippen LogP contribution in [0.2, 0.25) is 0 Å². The van der Waals surface area contributed by atoms with Gasteiger partial charge in [-0.25, -0.2) is 9.37 Å². The van der Waals surface area contributed by atoms with Gasteiger partial charge in [0.05, 0.1) is 10.2 Å². The van der Waals surface area contributed by atoms with Crippen LogP contribution >= 0.6 is 11.3 Å². The van der Waals surface area contributed by atoms with E-state index in [0.29, 0.717) is 0 Å². The fourth-order valence-corrected chi connectivity index (χ4v) is 2.67. The van der Waals surface area contributed by atoms with Crippen LogP contribution in [0.1, 0.15) is 5.56 Å². The molecule has 1 aromatic heterocycles. The van der Waals surface area contributed by atoms with E-state index in [1.54, 1.807) is 17.4 Å². The van der Waals surface area contributed by atoms with E-state index in [1.165, 1.54) is 17.7 Å². The monoisotopic (exact) mass is 243 g/mol. The first-order chi connectivity index (χ1) is 8.22. The Labute approximate surface area is 103 Å². The topological polar surface area (TPSA) is 12.9 Å². The van der Waals surface area contributed by atoms with Crippen molar-refractivity contribution in [3.8, 4) is 10.6 Å². The van der Waals surface area contributed by atoms with Crippen LogP contribution in [0.4, 0.5) is 4.39 Å². The molecule has 0 aliphatic carbocycles. The molecule has 0 radical (unpaired) electrons. The fraction of sp³-hybridized carbons (Fsp3) is 0.0714. The van der Waals surface area contributed by atoms with Crippen molar-refractivity contribution in [2.75, 3.05) is 0 Å². The van der Waals surface area contributed by atoms with Crippen molar-refractivity contribution in [3.63, 3.8) is 0 Å². The molecule has 84 valence electrons. The van der Waals surface area contributed by atoms with Crippen LogP contribution in [0.5, 0.6) is 0 Å². The molecule has 0 fully saturated rings. The summed E-state index contributed by atoms with van der Waals surface area (Å²) in [4.78, 5) is 4.45. The molecule has 3 rings (SSSR count). The maximum absolute atomic E-state index is 13.1. The van der Waals surface area contributed by atoms with Crippen molar-refractivity contribution < 1.29 is 4.39 Å². The average molecular weight is 243 g/mol. The van der Waals surface area contributed by atoms with E-state index in [0.717, 1.165) is 20.8 Å². The number of nitrogens with zero attached hydrogens (tertiary/aromatic N) is 1. The fourth-order valence-electron chi connectivity index (χ4n) is 1.72. The maximum Gasteiger partial charge on any atom is 0.125 e. The molecule has 0 spiro atoms. The third-order valence-corrected chi connectivity index (χ3v) is 3.73. The van der Waals surface area contributed by atoms with E-state index in [1.807, 2.05) is 12.1 Å². The van der Waals surface area contributed by atoms with Gasteiger partial charge < -0.3 is 0 Å². The minimum absolute atomic E-state index is 0.238. The molecule has 0 unspecified atom stereocenters. The van der Waals surface area contributed by atoms with Gasteiger partial charge in [-0.2, -0.15) is 0 Å². The van der Waals surface area contributed by atoms with Gasteiger partial charge in [-0.1, -0.05) is 29.8 Å². The normalized spacial score (nSPS) is 10.9. The first kappa shape index (κ1) is 10.4. The van der Waals surface area contributed by atoms with Gasteiger partial charge in [-0.3, -0.25) is 0 Å². The summed E-state index contributed by atoms with van der Waals surface area (Å²) < 4.78 is 14.1. The predicted octanol–water partition coefficient (Wildman–Crippen LogP) is 4.41. The summed E-state index contributed by atoms with van der Waals surface area (Å²) in [5, 5.41) is 0.936. The zero-order valence-electron chi connectivity index (χ0n) is 9.27. The molecular weight excluding hydrogens is 233 g/mol. The number of fused-ring (bicyclic) bond motifs is 1. The molecule has 0 atom stereocenters. The Hall–Kier alpha value is -1.74. The number of hydrogen-bond acceptors (Lipinski definition) is 2. The summed E-state index contributed by atoms with van der Waals surface area (Å²) in [6, 6.07) is 12.9. The molecule has 3 heteroatoms. The number of aryl methyl sites for hydroxylation is 1. The second-order valence-electron chi connectivity index (χ2n) is 4.00. The first-order valence-electron chi connectivity index (χ1n) is 5.35. The van der Waals surface area contributed by atoms with Crippen molar-refractivity contribution in [2.45, 2.75) is 6.92 Å². The number of aromatic nitrogens is 1. The Kier molecular flexibility index (Phi) is 2.41. The smallest absolute Gasteiger partial charge is 0.125 e. The zero-order chi connectivity index (χ0) is 11.8. The third-order valence-electron chi connectivity index (χ3n) is 2.65. The van der Waals surface area contributed by atoms with E-state index in [2.05, 4.69) is 24.0 Å². The summed E-state index contributed by atoms with van der Waals surface area (Å²) in [5.41, 5.74) is 3.03. The molecule has 3 aromatic rings. The molecule has 0 saturated heterocycles. The minimum Gasteiger partial charge on any atom is -0.236 e. The van der Waals surface area contributed by atoms with Crippen molar-refractivity contribution in [3.05, 3.63) is 53.8 Å². The Morgan fingerprint density at radius 2 is 1.82 bits per heavy atom. The number of thiazole rings is 1. The van der Waals surface area contributed by atoms with E-state index < -0.39 is 0 Å². The lowest BCUT2D eigenvalue weighted by Crippen LogP contribution is -1.77. The number of halogens is 1. The molecule has 1 heterocycles.